The third-order valence-electron chi connectivity index (χ3n) is 5.01. The Balaban J connectivity index is 1.90. The van der Waals surface area contributed by atoms with Crippen molar-refractivity contribution in [1.82, 2.24) is 4.98 Å². The second kappa shape index (κ2) is 8.82. The van der Waals surface area contributed by atoms with Crippen LogP contribution in [0.1, 0.15) is 53.6 Å². The van der Waals surface area contributed by atoms with Gasteiger partial charge in [0.1, 0.15) is 11.4 Å². The van der Waals surface area contributed by atoms with E-state index in [1.54, 1.807) is 12.1 Å². The summed E-state index contributed by atoms with van der Waals surface area (Å²) < 4.78 is 28.0. The van der Waals surface area contributed by atoms with Gasteiger partial charge >= 0.3 is 5.97 Å². The normalized spacial score (nSPS) is 15.4. The molecule has 2 N–H and O–H groups in total. The molecule has 3 rings (SSSR count). The molecule has 1 aliphatic rings. The number of sulfonamides is 1. The number of aryl methyl sites for hydroxylation is 2. The van der Waals surface area contributed by atoms with Crippen LogP contribution in [0.3, 0.4) is 0 Å². The number of rotatable bonds is 5. The van der Waals surface area contributed by atoms with Crippen molar-refractivity contribution in [2.75, 3.05) is 22.7 Å². The van der Waals surface area contributed by atoms with Crippen LogP contribution >= 0.6 is 0 Å². The molecule has 0 bridgehead atoms. The number of hydrogen-bond acceptors (Lipinski definition) is 5. The second-order valence-corrected chi connectivity index (χ2v) is 9.27. The number of carboxylic acid groups (broad SMARTS) is 1. The largest absolute Gasteiger partial charge is 0.478 e. The maximum Gasteiger partial charge on any atom is 0.339 e. The van der Waals surface area contributed by atoms with E-state index < -0.39 is 16.0 Å². The van der Waals surface area contributed by atoms with Gasteiger partial charge in [-0.25, -0.2) is 18.2 Å². The molecule has 29 heavy (non-hydrogen) atoms. The van der Waals surface area contributed by atoms with Crippen molar-refractivity contribution in [3.05, 3.63) is 47.2 Å². The summed E-state index contributed by atoms with van der Waals surface area (Å²) in [7, 11) is -3.85. The zero-order chi connectivity index (χ0) is 21.0. The molecule has 2 heterocycles. The average Bonchev–Trinajstić information content (AvgIpc) is 2.60. The molecular weight excluding hydrogens is 390 g/mol. The standard InChI is InChI=1S/C21H27N3O4S/c1-15-10-16(2)12-18(11-15)29(27,28)23-17-13-19(21(25)26)20(22-14-17)24-8-6-4-3-5-7-9-24/h10-14,23H,3-9H2,1-2H3,(H,25,26). The average molecular weight is 418 g/mol. The van der Waals surface area contributed by atoms with Crippen LogP contribution in [0.25, 0.3) is 0 Å². The summed E-state index contributed by atoms with van der Waals surface area (Å²) in [6.07, 6.45) is 6.80. The summed E-state index contributed by atoms with van der Waals surface area (Å²) in [5.41, 5.74) is 1.81. The first-order chi connectivity index (χ1) is 13.8. The molecule has 0 aliphatic carbocycles. The fraction of sp³-hybridized carbons (Fsp3) is 0.429. The number of nitrogens with one attached hydrogen (secondary N) is 1. The highest BCUT2D eigenvalue weighted by Gasteiger charge is 2.21. The van der Waals surface area contributed by atoms with E-state index in [9.17, 15) is 18.3 Å². The maximum absolute atomic E-state index is 12.8. The summed E-state index contributed by atoms with van der Waals surface area (Å²) in [6, 6.07) is 6.40. The van der Waals surface area contributed by atoms with Crippen LogP contribution in [-0.2, 0) is 10.0 Å². The fourth-order valence-corrected chi connectivity index (χ4v) is 4.91. The molecule has 1 aromatic heterocycles. The van der Waals surface area contributed by atoms with E-state index in [-0.39, 0.29) is 16.1 Å². The molecule has 1 aromatic carbocycles. The monoisotopic (exact) mass is 417 g/mol. The molecule has 0 atom stereocenters. The lowest BCUT2D eigenvalue weighted by Gasteiger charge is -2.27. The van der Waals surface area contributed by atoms with E-state index in [0.717, 1.165) is 49.9 Å². The Morgan fingerprint density at radius 3 is 2.17 bits per heavy atom. The van der Waals surface area contributed by atoms with Crippen LogP contribution in [0.5, 0.6) is 0 Å². The fourth-order valence-electron chi connectivity index (χ4n) is 3.68. The Labute approximate surface area is 171 Å². The number of pyridine rings is 1. The van der Waals surface area contributed by atoms with Crippen molar-refractivity contribution >= 4 is 27.5 Å². The summed E-state index contributed by atoms with van der Waals surface area (Å²) in [5, 5.41) is 9.69. The lowest BCUT2D eigenvalue weighted by Crippen LogP contribution is -2.29. The number of carbonyl (C=O) groups is 1. The number of nitrogens with zero attached hydrogens (tertiary/aromatic N) is 2. The van der Waals surface area contributed by atoms with E-state index in [2.05, 4.69) is 9.71 Å². The molecule has 1 saturated heterocycles. The van der Waals surface area contributed by atoms with E-state index >= 15 is 0 Å². The summed E-state index contributed by atoms with van der Waals surface area (Å²) >= 11 is 0. The summed E-state index contributed by atoms with van der Waals surface area (Å²) in [6.45, 7) is 5.16. The van der Waals surface area contributed by atoms with Crippen molar-refractivity contribution in [2.24, 2.45) is 0 Å². The third-order valence-corrected chi connectivity index (χ3v) is 6.37. The smallest absolute Gasteiger partial charge is 0.339 e. The first kappa shape index (κ1) is 21.1. The van der Waals surface area contributed by atoms with Crippen LogP contribution in [0.4, 0.5) is 11.5 Å². The van der Waals surface area contributed by atoms with Gasteiger partial charge in [-0.05, 0) is 56.0 Å². The predicted molar refractivity (Wildman–Crippen MR) is 113 cm³/mol. The number of hydrogen-bond donors (Lipinski definition) is 2. The highest BCUT2D eigenvalue weighted by atomic mass is 32.2. The molecule has 0 spiro atoms. The van der Waals surface area contributed by atoms with Crippen molar-refractivity contribution in [2.45, 2.75) is 50.8 Å². The topological polar surface area (TPSA) is 99.6 Å². The van der Waals surface area contributed by atoms with E-state index in [1.165, 1.54) is 18.7 Å². The van der Waals surface area contributed by atoms with Gasteiger partial charge in [-0.2, -0.15) is 0 Å². The van der Waals surface area contributed by atoms with Crippen LogP contribution in [0.2, 0.25) is 0 Å². The summed E-state index contributed by atoms with van der Waals surface area (Å²) in [5.74, 6) is -0.726. The molecule has 0 unspecified atom stereocenters. The van der Waals surface area contributed by atoms with Crippen molar-refractivity contribution in [3.8, 4) is 0 Å². The van der Waals surface area contributed by atoms with Crippen LogP contribution < -0.4 is 9.62 Å². The lowest BCUT2D eigenvalue weighted by molar-refractivity contribution is 0.0697. The number of benzene rings is 1. The van der Waals surface area contributed by atoms with Gasteiger partial charge in [0.2, 0.25) is 0 Å². The molecule has 7 nitrogen and oxygen atoms in total. The molecule has 1 fully saturated rings. The lowest BCUT2D eigenvalue weighted by atomic mass is 10.1. The molecule has 2 aromatic rings. The van der Waals surface area contributed by atoms with Gasteiger partial charge in [-0.15, -0.1) is 0 Å². The quantitative estimate of drug-likeness (QED) is 0.764. The molecule has 8 heteroatoms. The maximum atomic E-state index is 12.8. The number of anilines is 2. The van der Waals surface area contributed by atoms with Crippen molar-refractivity contribution < 1.29 is 18.3 Å². The predicted octanol–water partition coefficient (Wildman–Crippen LogP) is 3.97. The van der Waals surface area contributed by atoms with Crippen LogP contribution in [-0.4, -0.2) is 37.6 Å². The molecule has 0 radical (unpaired) electrons. The molecule has 0 saturated carbocycles. The van der Waals surface area contributed by atoms with E-state index in [4.69, 9.17) is 0 Å². The van der Waals surface area contributed by atoms with Gasteiger partial charge in [0.25, 0.3) is 10.0 Å². The SMILES string of the molecule is Cc1cc(C)cc(S(=O)(=O)Nc2cnc(N3CCCCCCC3)c(C(=O)O)c2)c1. The van der Waals surface area contributed by atoms with Gasteiger partial charge in [0, 0.05) is 13.1 Å². The van der Waals surface area contributed by atoms with Gasteiger partial charge in [-0.3, -0.25) is 4.72 Å². The third kappa shape index (κ3) is 5.26. The highest BCUT2D eigenvalue weighted by Crippen LogP contribution is 2.26. The number of carboxylic acids is 1. The van der Waals surface area contributed by atoms with Gasteiger partial charge in [0.15, 0.2) is 0 Å². The molecule has 156 valence electrons. The first-order valence-electron chi connectivity index (χ1n) is 9.86. The minimum absolute atomic E-state index is 0.00574. The van der Waals surface area contributed by atoms with Crippen molar-refractivity contribution in [1.29, 1.82) is 0 Å². The van der Waals surface area contributed by atoms with Gasteiger partial charge < -0.3 is 10.0 Å². The van der Waals surface area contributed by atoms with Gasteiger partial charge in [-0.1, -0.05) is 25.3 Å². The first-order valence-corrected chi connectivity index (χ1v) is 11.3. The Morgan fingerprint density at radius 1 is 1.00 bits per heavy atom. The highest BCUT2D eigenvalue weighted by molar-refractivity contribution is 7.92. The second-order valence-electron chi connectivity index (χ2n) is 7.58. The molecule has 0 amide bonds. The van der Waals surface area contributed by atoms with Crippen LogP contribution in [0, 0.1) is 13.8 Å². The molecular formula is C21H27N3O4S. The van der Waals surface area contributed by atoms with E-state index in [1.807, 2.05) is 24.8 Å². The van der Waals surface area contributed by atoms with Crippen molar-refractivity contribution in [3.63, 3.8) is 0 Å². The Kier molecular flexibility index (Phi) is 6.42. The minimum atomic E-state index is -3.85. The van der Waals surface area contributed by atoms with Crippen LogP contribution in [0.15, 0.2) is 35.4 Å². The molecule has 1 aliphatic heterocycles. The zero-order valence-electron chi connectivity index (χ0n) is 16.8. The van der Waals surface area contributed by atoms with Gasteiger partial charge in [0.05, 0.1) is 16.8 Å². The zero-order valence-corrected chi connectivity index (χ0v) is 17.6. The number of aromatic carboxylic acids is 1. The summed E-state index contributed by atoms with van der Waals surface area (Å²) in [4.78, 5) is 18.3. The van der Waals surface area contributed by atoms with E-state index in [0.29, 0.717) is 5.82 Å². The Bertz CT molecular complexity index is 977. The number of aromatic nitrogens is 1. The Hall–Kier alpha value is -2.61. The minimum Gasteiger partial charge on any atom is -0.478 e. The Morgan fingerprint density at radius 2 is 1.59 bits per heavy atom.